The van der Waals surface area contributed by atoms with Gasteiger partial charge in [0.2, 0.25) is 5.91 Å². The molecular weight excluding hydrogens is 324 g/mol. The molecule has 0 aliphatic carbocycles. The third-order valence-electron chi connectivity index (χ3n) is 4.36. The highest BCUT2D eigenvalue weighted by molar-refractivity contribution is 5.72. The first kappa shape index (κ1) is 17.5. The number of rotatable bonds is 5. The van der Waals surface area contributed by atoms with E-state index in [-0.39, 0.29) is 11.9 Å². The molecule has 1 fully saturated rings. The van der Waals surface area contributed by atoms with Crippen LogP contribution in [0, 0.1) is 11.6 Å². The van der Waals surface area contributed by atoms with Gasteiger partial charge in [-0.3, -0.25) is 14.7 Å². The average molecular weight is 345 g/mol. The maximum absolute atomic E-state index is 13.4. The second kappa shape index (κ2) is 7.70. The van der Waals surface area contributed by atoms with E-state index in [1.165, 1.54) is 19.1 Å². The highest BCUT2D eigenvalue weighted by Crippen LogP contribution is 2.32. The molecule has 0 spiro atoms. The first-order valence-electron chi connectivity index (χ1n) is 8.40. The zero-order chi connectivity index (χ0) is 17.8. The molecule has 1 aliphatic rings. The predicted molar refractivity (Wildman–Crippen MR) is 90.5 cm³/mol. The number of nitrogens with one attached hydrogen (secondary N) is 1. The SMILES string of the molecule is CC(=O)NCc1cccc(C2CCCN2Cc2cc(F)cc(F)c2)n1. The van der Waals surface area contributed by atoms with E-state index in [0.29, 0.717) is 18.7 Å². The van der Waals surface area contributed by atoms with Gasteiger partial charge in [-0.1, -0.05) is 6.07 Å². The van der Waals surface area contributed by atoms with E-state index >= 15 is 0 Å². The summed E-state index contributed by atoms with van der Waals surface area (Å²) in [5.41, 5.74) is 2.35. The Morgan fingerprint density at radius 1 is 1.28 bits per heavy atom. The molecule has 0 radical (unpaired) electrons. The maximum atomic E-state index is 13.4. The molecule has 2 heterocycles. The molecule has 0 bridgehead atoms. The molecule has 1 aromatic heterocycles. The van der Waals surface area contributed by atoms with Crippen molar-refractivity contribution in [2.45, 2.75) is 38.9 Å². The number of aromatic nitrogens is 1. The van der Waals surface area contributed by atoms with Gasteiger partial charge in [0.05, 0.1) is 24.0 Å². The number of hydrogen-bond acceptors (Lipinski definition) is 3. The summed E-state index contributed by atoms with van der Waals surface area (Å²) < 4.78 is 26.8. The molecule has 1 unspecified atom stereocenters. The van der Waals surface area contributed by atoms with Crippen LogP contribution in [0.5, 0.6) is 0 Å². The number of benzene rings is 1. The average Bonchev–Trinajstić information content (AvgIpc) is 3.00. The summed E-state index contributed by atoms with van der Waals surface area (Å²) in [4.78, 5) is 17.9. The first-order valence-corrected chi connectivity index (χ1v) is 8.40. The molecule has 132 valence electrons. The normalized spacial score (nSPS) is 17.6. The largest absolute Gasteiger partial charge is 0.351 e. The monoisotopic (exact) mass is 345 g/mol. The van der Waals surface area contributed by atoms with Crippen LogP contribution in [0.3, 0.4) is 0 Å². The van der Waals surface area contributed by atoms with Crippen molar-refractivity contribution >= 4 is 5.91 Å². The maximum Gasteiger partial charge on any atom is 0.217 e. The van der Waals surface area contributed by atoms with E-state index in [9.17, 15) is 13.6 Å². The predicted octanol–water partition coefficient (Wildman–Crippen LogP) is 3.33. The van der Waals surface area contributed by atoms with Crippen molar-refractivity contribution in [3.63, 3.8) is 0 Å². The van der Waals surface area contributed by atoms with Crippen molar-refractivity contribution in [1.29, 1.82) is 0 Å². The molecule has 0 saturated carbocycles. The number of pyridine rings is 1. The van der Waals surface area contributed by atoms with Crippen molar-refractivity contribution in [3.8, 4) is 0 Å². The second-order valence-corrected chi connectivity index (χ2v) is 6.37. The summed E-state index contributed by atoms with van der Waals surface area (Å²) in [6, 6.07) is 9.52. The molecule has 2 aromatic rings. The quantitative estimate of drug-likeness (QED) is 0.904. The Morgan fingerprint density at radius 3 is 2.76 bits per heavy atom. The molecule has 1 amide bonds. The van der Waals surface area contributed by atoms with Crippen LogP contribution in [0.4, 0.5) is 8.78 Å². The number of amides is 1. The molecule has 1 aliphatic heterocycles. The van der Waals surface area contributed by atoms with Crippen molar-refractivity contribution in [1.82, 2.24) is 15.2 Å². The van der Waals surface area contributed by atoms with Gasteiger partial charge in [0, 0.05) is 19.5 Å². The van der Waals surface area contributed by atoms with Crippen LogP contribution in [0.15, 0.2) is 36.4 Å². The van der Waals surface area contributed by atoms with Gasteiger partial charge in [-0.25, -0.2) is 8.78 Å². The highest BCUT2D eigenvalue weighted by atomic mass is 19.1. The van der Waals surface area contributed by atoms with Crippen LogP contribution in [0.25, 0.3) is 0 Å². The van der Waals surface area contributed by atoms with Crippen LogP contribution in [-0.2, 0) is 17.9 Å². The Balaban J connectivity index is 1.75. The summed E-state index contributed by atoms with van der Waals surface area (Å²) in [6.07, 6.45) is 1.97. The lowest BCUT2D eigenvalue weighted by molar-refractivity contribution is -0.119. The molecule has 6 heteroatoms. The summed E-state index contributed by atoms with van der Waals surface area (Å²) in [7, 11) is 0. The number of likely N-dealkylation sites (tertiary alicyclic amines) is 1. The van der Waals surface area contributed by atoms with Gasteiger partial charge in [0.25, 0.3) is 0 Å². The standard InChI is InChI=1S/C19H21F2N3O/c1-13(25)22-11-17-4-2-5-18(23-17)19-6-3-7-24(19)12-14-8-15(20)10-16(21)9-14/h2,4-5,8-10,19H,3,6-7,11-12H2,1H3,(H,22,25). The highest BCUT2D eigenvalue weighted by Gasteiger charge is 2.27. The van der Waals surface area contributed by atoms with Crippen molar-refractivity contribution in [3.05, 3.63) is 65.0 Å². The summed E-state index contributed by atoms with van der Waals surface area (Å²) in [5, 5.41) is 2.74. The molecule has 1 atom stereocenters. The van der Waals surface area contributed by atoms with Crippen LogP contribution in [-0.4, -0.2) is 22.3 Å². The van der Waals surface area contributed by atoms with Crippen molar-refractivity contribution in [2.75, 3.05) is 6.54 Å². The topological polar surface area (TPSA) is 45.2 Å². The van der Waals surface area contributed by atoms with Gasteiger partial charge < -0.3 is 5.32 Å². The third-order valence-corrected chi connectivity index (χ3v) is 4.36. The fourth-order valence-corrected chi connectivity index (χ4v) is 3.28. The van der Waals surface area contributed by atoms with Crippen molar-refractivity contribution < 1.29 is 13.6 Å². The number of carbonyl (C=O) groups is 1. The van der Waals surface area contributed by atoms with Gasteiger partial charge in [0.1, 0.15) is 11.6 Å². The smallest absolute Gasteiger partial charge is 0.217 e. The molecule has 1 saturated heterocycles. The fourth-order valence-electron chi connectivity index (χ4n) is 3.28. The molecular formula is C19H21F2N3O. The van der Waals surface area contributed by atoms with E-state index in [4.69, 9.17) is 0 Å². The van der Waals surface area contributed by atoms with E-state index in [0.717, 1.165) is 36.8 Å². The Hall–Kier alpha value is -2.34. The molecule has 1 aromatic carbocycles. The fraction of sp³-hybridized carbons (Fsp3) is 0.368. The Bertz CT molecular complexity index is 746. The second-order valence-electron chi connectivity index (χ2n) is 6.37. The summed E-state index contributed by atoms with van der Waals surface area (Å²) in [5.74, 6) is -1.20. The third kappa shape index (κ3) is 4.60. The zero-order valence-electron chi connectivity index (χ0n) is 14.1. The molecule has 4 nitrogen and oxygen atoms in total. The van der Waals surface area contributed by atoms with E-state index in [1.807, 2.05) is 18.2 Å². The lowest BCUT2D eigenvalue weighted by Crippen LogP contribution is -2.24. The lowest BCUT2D eigenvalue weighted by Gasteiger charge is -2.24. The number of nitrogens with zero attached hydrogens (tertiary/aromatic N) is 2. The lowest BCUT2D eigenvalue weighted by atomic mass is 10.1. The van der Waals surface area contributed by atoms with Crippen LogP contribution >= 0.6 is 0 Å². The van der Waals surface area contributed by atoms with Gasteiger partial charge in [-0.05, 0) is 49.2 Å². The molecule has 25 heavy (non-hydrogen) atoms. The molecule has 3 rings (SSSR count). The van der Waals surface area contributed by atoms with E-state index in [2.05, 4.69) is 15.2 Å². The van der Waals surface area contributed by atoms with Crippen LogP contribution in [0.1, 0.15) is 42.8 Å². The van der Waals surface area contributed by atoms with E-state index < -0.39 is 11.6 Å². The van der Waals surface area contributed by atoms with Crippen LogP contribution in [0.2, 0.25) is 0 Å². The van der Waals surface area contributed by atoms with Crippen LogP contribution < -0.4 is 5.32 Å². The minimum Gasteiger partial charge on any atom is -0.351 e. The van der Waals surface area contributed by atoms with E-state index in [1.54, 1.807) is 0 Å². The van der Waals surface area contributed by atoms with Gasteiger partial charge in [-0.15, -0.1) is 0 Å². The summed E-state index contributed by atoms with van der Waals surface area (Å²) in [6.45, 7) is 3.21. The minimum absolute atomic E-state index is 0.0946. The Morgan fingerprint density at radius 2 is 2.04 bits per heavy atom. The van der Waals surface area contributed by atoms with Gasteiger partial charge >= 0.3 is 0 Å². The number of hydrogen-bond donors (Lipinski definition) is 1. The zero-order valence-corrected chi connectivity index (χ0v) is 14.1. The Kier molecular flexibility index (Phi) is 5.38. The van der Waals surface area contributed by atoms with Gasteiger partial charge in [-0.2, -0.15) is 0 Å². The van der Waals surface area contributed by atoms with Gasteiger partial charge in [0.15, 0.2) is 0 Å². The minimum atomic E-state index is -0.554. The first-order chi connectivity index (χ1) is 12.0. The molecule has 1 N–H and O–H groups in total. The summed E-state index contributed by atoms with van der Waals surface area (Å²) >= 11 is 0. The number of carbonyl (C=O) groups excluding carboxylic acids is 1. The number of halogens is 2. The Labute approximate surface area is 145 Å². The van der Waals surface area contributed by atoms with Crippen molar-refractivity contribution in [2.24, 2.45) is 0 Å².